The molecule has 0 saturated carbocycles. The third-order valence-electron chi connectivity index (χ3n) is 14.4. The van der Waals surface area contributed by atoms with E-state index in [0.717, 1.165) is 70.1 Å². The van der Waals surface area contributed by atoms with Crippen LogP contribution in [0.3, 0.4) is 0 Å². The number of fused-ring (bicyclic) bond motifs is 1. The van der Waals surface area contributed by atoms with Crippen molar-refractivity contribution in [2.24, 2.45) is 17.3 Å². The van der Waals surface area contributed by atoms with Gasteiger partial charge in [0.05, 0.1) is 25.6 Å². The number of ether oxygens (including phenoxy) is 2. The molecule has 1 fully saturated rings. The van der Waals surface area contributed by atoms with E-state index >= 15 is 4.79 Å². The number of rotatable bonds is 37. The summed E-state index contributed by atoms with van der Waals surface area (Å²) in [5, 5.41) is 5.01. The Morgan fingerprint density at radius 3 is 1.65 bits per heavy atom. The molecule has 2 atom stereocenters. The Labute approximate surface area is 406 Å². The lowest BCUT2D eigenvalue weighted by Gasteiger charge is -2.40. The van der Waals surface area contributed by atoms with Crippen LogP contribution in [-0.4, -0.2) is 49.9 Å². The second-order valence-electron chi connectivity index (χ2n) is 19.6. The summed E-state index contributed by atoms with van der Waals surface area (Å²) < 4.78 is 11.3. The first kappa shape index (κ1) is 57.2. The maximum Gasteiger partial charge on any atom is 0.350 e. The highest BCUT2D eigenvalue weighted by Crippen LogP contribution is 2.52. The molecule has 0 N–H and O–H groups in total. The van der Waals surface area contributed by atoms with Crippen molar-refractivity contribution in [2.75, 3.05) is 27.3 Å². The van der Waals surface area contributed by atoms with Crippen LogP contribution in [0.15, 0.2) is 42.5 Å². The van der Waals surface area contributed by atoms with Crippen molar-refractivity contribution in [1.82, 2.24) is 4.90 Å². The van der Waals surface area contributed by atoms with Gasteiger partial charge < -0.3 is 9.47 Å². The minimum absolute atomic E-state index is 0. The standard InChI is InChI=1S/C56H89NO8.ClH/c1-5-7-9-11-13-15-17-19-21-23-25-27-32-36-53(58)63-65-64-55(60)50(35-31-26-24-22-20-18-16-14-12-10-8-6-2)56(44-48-41-51(61-3)52(62-4)42-49(48)54(56)59)43-46-37-39-57(40-38-46)45-47-33-29-28-30-34-47;/h28-30,33-34,41-42,46,50H,5-27,31-32,35-40,43-45H2,1-4H3;1H. The molecule has 1 heterocycles. The molecule has 2 aromatic rings. The minimum Gasteiger partial charge on any atom is -0.493 e. The van der Waals surface area contributed by atoms with Crippen molar-refractivity contribution in [3.63, 3.8) is 0 Å². The molecule has 2 aliphatic rings. The van der Waals surface area contributed by atoms with Crippen LogP contribution in [-0.2, 0) is 37.4 Å². The fourth-order valence-electron chi connectivity index (χ4n) is 10.5. The number of carbonyl (C=O) groups excluding carboxylic acids is 3. The van der Waals surface area contributed by atoms with Gasteiger partial charge in [-0.05, 0) is 80.8 Å². The van der Waals surface area contributed by atoms with E-state index in [1.165, 1.54) is 128 Å². The van der Waals surface area contributed by atoms with E-state index in [2.05, 4.69) is 43.0 Å². The van der Waals surface area contributed by atoms with Crippen LogP contribution in [0.25, 0.3) is 0 Å². The van der Waals surface area contributed by atoms with Gasteiger partial charge >= 0.3 is 11.9 Å². The van der Waals surface area contributed by atoms with Crippen molar-refractivity contribution < 1.29 is 38.7 Å². The molecule has 0 spiro atoms. The molecule has 0 radical (unpaired) electrons. The number of piperidine rings is 1. The molecule has 66 heavy (non-hydrogen) atoms. The van der Waals surface area contributed by atoms with Gasteiger partial charge in [0, 0.05) is 23.6 Å². The summed E-state index contributed by atoms with van der Waals surface area (Å²) in [6, 6.07) is 14.2. The lowest BCUT2D eigenvalue weighted by atomic mass is 9.64. The second kappa shape index (κ2) is 34.2. The number of likely N-dealkylation sites (tertiary alicyclic amines) is 1. The number of hydrogen-bond acceptors (Lipinski definition) is 9. The number of hydrogen-bond donors (Lipinski definition) is 0. The van der Waals surface area contributed by atoms with E-state index in [1.54, 1.807) is 20.3 Å². The Morgan fingerprint density at radius 1 is 0.652 bits per heavy atom. The predicted octanol–water partition coefficient (Wildman–Crippen LogP) is 15.3. The third-order valence-corrected chi connectivity index (χ3v) is 14.4. The fourth-order valence-corrected chi connectivity index (χ4v) is 10.5. The topological polar surface area (TPSA) is 101 Å². The molecule has 10 heteroatoms. The Morgan fingerprint density at radius 2 is 1.14 bits per heavy atom. The Bertz CT molecular complexity index is 1610. The van der Waals surface area contributed by atoms with E-state index in [9.17, 15) is 9.59 Å². The highest BCUT2D eigenvalue weighted by molar-refractivity contribution is 6.07. The molecule has 1 aliphatic carbocycles. The van der Waals surface area contributed by atoms with Crippen LogP contribution in [0.4, 0.5) is 0 Å². The van der Waals surface area contributed by atoms with Crippen LogP contribution in [0.2, 0.25) is 0 Å². The van der Waals surface area contributed by atoms with Gasteiger partial charge in [0.15, 0.2) is 17.3 Å². The van der Waals surface area contributed by atoms with E-state index in [1.807, 2.05) is 12.1 Å². The highest BCUT2D eigenvalue weighted by Gasteiger charge is 2.55. The van der Waals surface area contributed by atoms with Gasteiger partial charge in [-0.15, -0.1) is 12.4 Å². The summed E-state index contributed by atoms with van der Waals surface area (Å²) in [6.45, 7) is 7.25. The molecule has 2 aromatic carbocycles. The number of ketones is 1. The van der Waals surface area contributed by atoms with Gasteiger partial charge in [-0.25, -0.2) is 9.59 Å². The van der Waals surface area contributed by atoms with Gasteiger partial charge in [-0.2, -0.15) is 0 Å². The predicted molar refractivity (Wildman–Crippen MR) is 269 cm³/mol. The van der Waals surface area contributed by atoms with E-state index < -0.39 is 23.3 Å². The molecular formula is C56H90ClNO8. The smallest absolute Gasteiger partial charge is 0.350 e. The second-order valence-corrected chi connectivity index (χ2v) is 19.6. The average molecular weight is 941 g/mol. The zero-order valence-electron chi connectivity index (χ0n) is 41.9. The van der Waals surface area contributed by atoms with Crippen molar-refractivity contribution in [1.29, 1.82) is 0 Å². The Hall–Kier alpha value is -3.14. The maximum atomic E-state index is 15.1. The normalized spacial score (nSPS) is 16.7. The van der Waals surface area contributed by atoms with Gasteiger partial charge in [0.25, 0.3) is 0 Å². The van der Waals surface area contributed by atoms with Crippen molar-refractivity contribution in [2.45, 2.75) is 219 Å². The van der Waals surface area contributed by atoms with E-state index in [-0.39, 0.29) is 30.5 Å². The van der Waals surface area contributed by atoms with Crippen LogP contribution < -0.4 is 9.47 Å². The quantitative estimate of drug-likeness (QED) is 0.0372. The van der Waals surface area contributed by atoms with Crippen molar-refractivity contribution >= 4 is 30.1 Å². The Kier molecular flexibility index (Phi) is 29.6. The molecule has 1 saturated heterocycles. The van der Waals surface area contributed by atoms with Crippen LogP contribution >= 0.6 is 12.4 Å². The SMILES string of the molecule is CCCCCCCCCCCCCCCC(=O)OOOC(=O)C(CCCCCCCCCCCCCC)C1(CC2CCN(Cc3ccccc3)CC2)Cc2cc(OC)c(OC)cc2C1=O.Cl. The molecule has 2 unspecified atom stereocenters. The molecule has 1 aliphatic heterocycles. The highest BCUT2D eigenvalue weighted by atomic mass is 35.5. The Balaban J connectivity index is 0.0000116. The third kappa shape index (κ3) is 20.2. The summed E-state index contributed by atoms with van der Waals surface area (Å²) in [7, 11) is 3.17. The first-order valence-electron chi connectivity index (χ1n) is 26.5. The van der Waals surface area contributed by atoms with E-state index in [0.29, 0.717) is 42.7 Å². The number of methoxy groups -OCH3 is 2. The summed E-state index contributed by atoms with van der Waals surface area (Å²) in [5.74, 6) is -0.765. The maximum absolute atomic E-state index is 15.1. The number of halogens is 1. The zero-order valence-corrected chi connectivity index (χ0v) is 42.7. The summed E-state index contributed by atoms with van der Waals surface area (Å²) in [4.78, 5) is 55.1. The first-order valence-corrected chi connectivity index (χ1v) is 26.5. The summed E-state index contributed by atoms with van der Waals surface area (Å²) in [5.41, 5.74) is 1.67. The number of benzene rings is 2. The number of unbranched alkanes of at least 4 members (excludes halogenated alkanes) is 23. The van der Waals surface area contributed by atoms with Gasteiger partial charge in [-0.3, -0.25) is 19.5 Å². The molecule has 0 amide bonds. The molecule has 374 valence electrons. The number of Topliss-reactive ketones (excluding diaryl/α,β-unsaturated/α-hetero) is 1. The molecule has 4 rings (SSSR count). The number of nitrogens with zero attached hydrogens (tertiary/aromatic N) is 1. The van der Waals surface area contributed by atoms with Crippen LogP contribution in [0.5, 0.6) is 11.5 Å². The zero-order chi connectivity index (χ0) is 46.4. The van der Waals surface area contributed by atoms with Crippen molar-refractivity contribution in [3.05, 3.63) is 59.2 Å². The average Bonchev–Trinajstić information content (AvgIpc) is 3.59. The molecule has 0 aromatic heterocycles. The lowest BCUT2D eigenvalue weighted by Crippen LogP contribution is -2.45. The van der Waals surface area contributed by atoms with Gasteiger partial charge in [0.2, 0.25) is 0 Å². The monoisotopic (exact) mass is 940 g/mol. The van der Waals surface area contributed by atoms with Gasteiger partial charge in [0.1, 0.15) is 0 Å². The van der Waals surface area contributed by atoms with E-state index in [4.69, 9.17) is 24.3 Å². The lowest BCUT2D eigenvalue weighted by molar-refractivity contribution is -0.461. The molecular weight excluding hydrogens is 850 g/mol. The minimum atomic E-state index is -1.05. The molecule has 0 bridgehead atoms. The van der Waals surface area contributed by atoms with Crippen molar-refractivity contribution in [3.8, 4) is 11.5 Å². The number of carbonyl (C=O) groups is 3. The largest absolute Gasteiger partial charge is 0.493 e. The van der Waals surface area contributed by atoms with Gasteiger partial charge in [-0.1, -0.05) is 198 Å². The van der Waals surface area contributed by atoms with Crippen LogP contribution in [0.1, 0.15) is 228 Å². The summed E-state index contributed by atoms with van der Waals surface area (Å²) in [6.07, 6.45) is 33.7. The summed E-state index contributed by atoms with van der Waals surface area (Å²) >= 11 is 0. The molecule has 9 nitrogen and oxygen atoms in total. The van der Waals surface area contributed by atoms with Crippen LogP contribution in [0, 0.1) is 17.3 Å². The first-order chi connectivity index (χ1) is 31.8. The fraction of sp³-hybridized carbons (Fsp3) is 0.732.